The van der Waals surface area contributed by atoms with Crippen molar-refractivity contribution in [1.29, 1.82) is 0 Å². The topological polar surface area (TPSA) is 52.3 Å². The number of esters is 1. The van der Waals surface area contributed by atoms with E-state index < -0.39 is 0 Å². The molecule has 1 saturated carbocycles. The number of carbonyl (C=O) groups excluding carboxylic acids is 1. The highest BCUT2D eigenvalue weighted by Crippen LogP contribution is 2.38. The van der Waals surface area contributed by atoms with E-state index in [0.717, 1.165) is 32.1 Å². The summed E-state index contributed by atoms with van der Waals surface area (Å²) in [6.45, 7) is 4.38. The van der Waals surface area contributed by atoms with Gasteiger partial charge in [0, 0.05) is 6.54 Å². The first-order valence-corrected chi connectivity index (χ1v) is 5.56. The van der Waals surface area contributed by atoms with E-state index in [-0.39, 0.29) is 17.5 Å². The summed E-state index contributed by atoms with van der Waals surface area (Å²) in [4.78, 5) is 11.9. The van der Waals surface area contributed by atoms with E-state index in [2.05, 4.69) is 0 Å². The Labute approximate surface area is 86.0 Å². The Morgan fingerprint density at radius 1 is 1.50 bits per heavy atom. The van der Waals surface area contributed by atoms with Crippen LogP contribution in [0, 0.1) is 5.41 Å². The van der Waals surface area contributed by atoms with Gasteiger partial charge in [-0.25, -0.2) is 0 Å². The van der Waals surface area contributed by atoms with Crippen molar-refractivity contribution in [3.8, 4) is 0 Å². The van der Waals surface area contributed by atoms with E-state index in [9.17, 15) is 4.79 Å². The van der Waals surface area contributed by atoms with Crippen LogP contribution in [0.3, 0.4) is 0 Å². The summed E-state index contributed by atoms with van der Waals surface area (Å²) in [6, 6.07) is 0. The van der Waals surface area contributed by atoms with Gasteiger partial charge in [0.25, 0.3) is 0 Å². The van der Waals surface area contributed by atoms with Crippen LogP contribution in [0.15, 0.2) is 0 Å². The number of ether oxygens (including phenoxy) is 1. The van der Waals surface area contributed by atoms with E-state index in [1.54, 1.807) is 0 Å². The molecule has 0 aliphatic heterocycles. The van der Waals surface area contributed by atoms with Gasteiger partial charge in [-0.2, -0.15) is 0 Å². The number of hydrogen-bond acceptors (Lipinski definition) is 3. The van der Waals surface area contributed by atoms with Crippen molar-refractivity contribution in [2.75, 3.05) is 6.54 Å². The number of rotatable bonds is 4. The highest BCUT2D eigenvalue weighted by atomic mass is 16.5. The van der Waals surface area contributed by atoms with Crippen LogP contribution in [0.5, 0.6) is 0 Å². The minimum atomic E-state index is -0.358. The molecule has 3 nitrogen and oxygen atoms in total. The van der Waals surface area contributed by atoms with Crippen LogP contribution in [0.2, 0.25) is 0 Å². The van der Waals surface area contributed by atoms with Crippen molar-refractivity contribution in [2.24, 2.45) is 11.1 Å². The molecule has 0 amide bonds. The van der Waals surface area contributed by atoms with Crippen molar-refractivity contribution in [1.82, 2.24) is 0 Å². The second-order valence-corrected chi connectivity index (χ2v) is 4.32. The fourth-order valence-corrected chi connectivity index (χ4v) is 1.93. The van der Waals surface area contributed by atoms with Crippen molar-refractivity contribution < 1.29 is 9.53 Å². The van der Waals surface area contributed by atoms with E-state index in [1.807, 2.05) is 13.8 Å². The minimum absolute atomic E-state index is 0.0199. The van der Waals surface area contributed by atoms with Gasteiger partial charge in [-0.15, -0.1) is 0 Å². The highest BCUT2D eigenvalue weighted by molar-refractivity contribution is 5.77. The number of hydrogen-bond donors (Lipinski definition) is 1. The maximum Gasteiger partial charge on any atom is 0.313 e. The molecule has 0 aromatic heterocycles. The number of nitrogens with two attached hydrogens (primary N) is 1. The molecule has 0 radical (unpaired) electrons. The lowest BCUT2D eigenvalue weighted by Gasteiger charge is -2.26. The van der Waals surface area contributed by atoms with Crippen LogP contribution >= 0.6 is 0 Å². The molecule has 0 aromatic rings. The second-order valence-electron chi connectivity index (χ2n) is 4.32. The highest BCUT2D eigenvalue weighted by Gasteiger charge is 2.41. The lowest BCUT2D eigenvalue weighted by atomic mass is 9.86. The lowest BCUT2D eigenvalue weighted by molar-refractivity contribution is -0.160. The van der Waals surface area contributed by atoms with Crippen LogP contribution in [0.25, 0.3) is 0 Å². The Kier molecular flexibility index (Phi) is 3.93. The Balaban J connectivity index is 2.56. The first kappa shape index (κ1) is 11.5. The van der Waals surface area contributed by atoms with E-state index in [1.165, 1.54) is 0 Å². The van der Waals surface area contributed by atoms with Gasteiger partial charge in [0.1, 0.15) is 0 Å². The summed E-state index contributed by atoms with van der Waals surface area (Å²) >= 11 is 0. The van der Waals surface area contributed by atoms with Gasteiger partial charge in [-0.3, -0.25) is 4.79 Å². The Morgan fingerprint density at radius 3 is 2.50 bits per heavy atom. The molecule has 1 rings (SSSR count). The molecule has 1 aliphatic carbocycles. The normalized spacial score (nSPS) is 21.9. The minimum Gasteiger partial charge on any atom is -0.462 e. The van der Waals surface area contributed by atoms with Gasteiger partial charge in [-0.05, 0) is 26.2 Å². The monoisotopic (exact) mass is 199 g/mol. The second kappa shape index (κ2) is 4.78. The average Bonchev–Trinajstić information content (AvgIpc) is 2.67. The molecule has 0 aromatic carbocycles. The van der Waals surface area contributed by atoms with Gasteiger partial charge in [0.15, 0.2) is 0 Å². The Morgan fingerprint density at radius 2 is 2.07 bits per heavy atom. The Hall–Kier alpha value is -0.570. The summed E-state index contributed by atoms with van der Waals surface area (Å²) in [5.74, 6) is -0.0770. The van der Waals surface area contributed by atoms with Crippen molar-refractivity contribution in [3.63, 3.8) is 0 Å². The molecule has 1 aliphatic rings. The van der Waals surface area contributed by atoms with Gasteiger partial charge < -0.3 is 10.5 Å². The molecular formula is C11H21NO2. The standard InChI is InChI=1S/C11H21NO2/c1-3-9(2)14-10(13)11(8-12)6-4-5-7-11/h9H,3-8,12H2,1-2H3. The van der Waals surface area contributed by atoms with E-state index >= 15 is 0 Å². The summed E-state index contributed by atoms with van der Waals surface area (Å²) < 4.78 is 5.36. The predicted octanol–water partition coefficient (Wildman–Crippen LogP) is 1.85. The average molecular weight is 199 g/mol. The van der Waals surface area contributed by atoms with Crippen molar-refractivity contribution in [3.05, 3.63) is 0 Å². The van der Waals surface area contributed by atoms with Crippen LogP contribution in [0.4, 0.5) is 0 Å². The Bertz CT molecular complexity index is 197. The molecule has 0 heterocycles. The maximum atomic E-state index is 11.9. The first-order chi connectivity index (χ1) is 6.64. The molecular weight excluding hydrogens is 178 g/mol. The van der Waals surface area contributed by atoms with Crippen molar-refractivity contribution in [2.45, 2.75) is 52.1 Å². The predicted molar refractivity (Wildman–Crippen MR) is 55.8 cm³/mol. The van der Waals surface area contributed by atoms with E-state index in [4.69, 9.17) is 10.5 Å². The third-order valence-electron chi connectivity index (χ3n) is 3.27. The van der Waals surface area contributed by atoms with Crippen LogP contribution < -0.4 is 5.73 Å². The zero-order chi connectivity index (χ0) is 10.6. The largest absolute Gasteiger partial charge is 0.462 e. The summed E-state index contributed by atoms with van der Waals surface area (Å²) in [6.07, 6.45) is 4.90. The number of carbonyl (C=O) groups is 1. The summed E-state index contributed by atoms with van der Waals surface area (Å²) in [7, 11) is 0. The summed E-state index contributed by atoms with van der Waals surface area (Å²) in [5, 5.41) is 0. The molecule has 3 heteroatoms. The molecule has 0 bridgehead atoms. The molecule has 14 heavy (non-hydrogen) atoms. The van der Waals surface area contributed by atoms with Gasteiger partial charge >= 0.3 is 5.97 Å². The van der Waals surface area contributed by atoms with Gasteiger partial charge in [0.05, 0.1) is 11.5 Å². The van der Waals surface area contributed by atoms with Crippen LogP contribution in [-0.4, -0.2) is 18.6 Å². The quantitative estimate of drug-likeness (QED) is 0.703. The lowest BCUT2D eigenvalue weighted by Crippen LogP contribution is -2.38. The molecule has 0 saturated heterocycles. The van der Waals surface area contributed by atoms with Gasteiger partial charge in [0.2, 0.25) is 0 Å². The SMILES string of the molecule is CCC(C)OC(=O)C1(CN)CCCC1. The smallest absolute Gasteiger partial charge is 0.313 e. The zero-order valence-electron chi connectivity index (χ0n) is 9.21. The molecule has 1 atom stereocenters. The van der Waals surface area contributed by atoms with E-state index in [0.29, 0.717) is 6.54 Å². The third-order valence-corrected chi connectivity index (χ3v) is 3.27. The maximum absolute atomic E-state index is 11.9. The third kappa shape index (κ3) is 2.27. The fraction of sp³-hybridized carbons (Fsp3) is 0.909. The first-order valence-electron chi connectivity index (χ1n) is 5.56. The van der Waals surface area contributed by atoms with Crippen LogP contribution in [-0.2, 0) is 9.53 Å². The molecule has 2 N–H and O–H groups in total. The fourth-order valence-electron chi connectivity index (χ4n) is 1.93. The van der Waals surface area contributed by atoms with Crippen molar-refractivity contribution >= 4 is 5.97 Å². The van der Waals surface area contributed by atoms with Gasteiger partial charge in [-0.1, -0.05) is 19.8 Å². The molecule has 1 unspecified atom stereocenters. The summed E-state index contributed by atoms with van der Waals surface area (Å²) in [5.41, 5.74) is 5.33. The molecule has 1 fully saturated rings. The molecule has 82 valence electrons. The van der Waals surface area contributed by atoms with Crippen LogP contribution in [0.1, 0.15) is 46.0 Å². The zero-order valence-corrected chi connectivity index (χ0v) is 9.21. The molecule has 0 spiro atoms.